The van der Waals surface area contributed by atoms with Crippen molar-refractivity contribution in [2.24, 2.45) is 17.6 Å². The smallest absolute Gasteiger partial charge is 0.225 e. The quantitative estimate of drug-likeness (QED) is 0.908. The number of benzene rings is 1. The summed E-state index contributed by atoms with van der Waals surface area (Å²) in [6, 6.07) is 8.54. The number of primary amides is 1. The summed E-state index contributed by atoms with van der Waals surface area (Å²) in [5.74, 6) is 0.355. The van der Waals surface area contributed by atoms with Crippen molar-refractivity contribution < 1.29 is 9.59 Å². The first-order valence-electron chi connectivity index (χ1n) is 8.55. The van der Waals surface area contributed by atoms with Crippen LogP contribution in [0.25, 0.3) is 0 Å². The van der Waals surface area contributed by atoms with Gasteiger partial charge in [0.1, 0.15) is 0 Å². The Hall–Kier alpha value is -1.84. The normalized spacial score (nSPS) is 17.3. The van der Waals surface area contributed by atoms with Crippen LogP contribution in [-0.4, -0.2) is 29.8 Å². The Morgan fingerprint density at radius 3 is 2.17 bits per heavy atom. The maximum Gasteiger partial charge on any atom is 0.225 e. The summed E-state index contributed by atoms with van der Waals surface area (Å²) in [4.78, 5) is 25.6. The molecule has 2 N–H and O–H groups in total. The second kappa shape index (κ2) is 7.62. The number of carbonyl (C=O) groups excluding carboxylic acids is 2. The van der Waals surface area contributed by atoms with Gasteiger partial charge in [0.2, 0.25) is 11.8 Å². The Kier molecular flexibility index (Phi) is 5.80. The van der Waals surface area contributed by atoms with Gasteiger partial charge in [-0.25, -0.2) is 0 Å². The first kappa shape index (κ1) is 17.5. The van der Waals surface area contributed by atoms with Crippen LogP contribution in [0.4, 0.5) is 0 Å². The Balaban J connectivity index is 1.89. The number of piperidine rings is 1. The molecular formula is C19H28N2O2. The van der Waals surface area contributed by atoms with Crippen molar-refractivity contribution in [2.45, 2.75) is 46.0 Å². The molecule has 4 nitrogen and oxygen atoms in total. The zero-order chi connectivity index (χ0) is 17.0. The highest BCUT2D eigenvalue weighted by Crippen LogP contribution is 2.21. The van der Waals surface area contributed by atoms with E-state index in [4.69, 9.17) is 5.73 Å². The number of nitrogens with two attached hydrogens (primary N) is 1. The topological polar surface area (TPSA) is 63.4 Å². The largest absolute Gasteiger partial charge is 0.369 e. The van der Waals surface area contributed by atoms with Crippen molar-refractivity contribution in [1.29, 1.82) is 0 Å². The molecule has 126 valence electrons. The Labute approximate surface area is 139 Å². The second-order valence-electron chi connectivity index (χ2n) is 7.00. The van der Waals surface area contributed by atoms with E-state index < -0.39 is 0 Å². The average molecular weight is 316 g/mol. The van der Waals surface area contributed by atoms with E-state index in [1.165, 1.54) is 11.1 Å². The second-order valence-corrected chi connectivity index (χ2v) is 7.00. The molecule has 1 fully saturated rings. The third-order valence-corrected chi connectivity index (χ3v) is 4.82. The fourth-order valence-electron chi connectivity index (χ4n) is 3.18. The molecule has 0 aromatic heterocycles. The molecule has 1 unspecified atom stereocenters. The predicted molar refractivity (Wildman–Crippen MR) is 91.9 cm³/mol. The van der Waals surface area contributed by atoms with Gasteiger partial charge in [-0.2, -0.15) is 0 Å². The summed E-state index contributed by atoms with van der Waals surface area (Å²) in [6.45, 7) is 7.62. The SMILES string of the molecule is CC(Cc1ccc(C(C)C)cc1)C(=O)N1CCC(C(N)=O)CC1. The number of likely N-dealkylation sites (tertiary alicyclic amines) is 1. The summed E-state index contributed by atoms with van der Waals surface area (Å²) in [6.07, 6.45) is 2.14. The lowest BCUT2D eigenvalue weighted by molar-refractivity contribution is -0.138. The third kappa shape index (κ3) is 4.57. The van der Waals surface area contributed by atoms with Crippen molar-refractivity contribution in [3.63, 3.8) is 0 Å². The van der Waals surface area contributed by atoms with E-state index in [1.54, 1.807) is 0 Å². The fourth-order valence-corrected chi connectivity index (χ4v) is 3.18. The van der Waals surface area contributed by atoms with E-state index >= 15 is 0 Å². The van der Waals surface area contributed by atoms with Gasteiger partial charge in [-0.1, -0.05) is 45.0 Å². The summed E-state index contributed by atoms with van der Waals surface area (Å²) in [7, 11) is 0. The Morgan fingerprint density at radius 2 is 1.70 bits per heavy atom. The van der Waals surface area contributed by atoms with Crippen LogP contribution < -0.4 is 5.73 Å². The molecule has 1 aliphatic rings. The monoisotopic (exact) mass is 316 g/mol. The van der Waals surface area contributed by atoms with E-state index in [-0.39, 0.29) is 23.7 Å². The van der Waals surface area contributed by atoms with Gasteiger partial charge in [0.25, 0.3) is 0 Å². The number of hydrogen-bond donors (Lipinski definition) is 1. The Bertz CT molecular complexity index is 543. The highest BCUT2D eigenvalue weighted by molar-refractivity contribution is 5.80. The standard InChI is InChI=1S/C19H28N2O2/c1-13(2)16-6-4-15(5-7-16)12-14(3)19(23)21-10-8-17(9-11-21)18(20)22/h4-7,13-14,17H,8-12H2,1-3H3,(H2,20,22). The molecule has 0 radical (unpaired) electrons. The van der Waals surface area contributed by atoms with E-state index in [1.807, 2.05) is 11.8 Å². The number of nitrogens with zero attached hydrogens (tertiary/aromatic N) is 1. The van der Waals surface area contributed by atoms with E-state index in [0.29, 0.717) is 31.8 Å². The van der Waals surface area contributed by atoms with Gasteiger partial charge in [0.05, 0.1) is 0 Å². The number of amides is 2. The van der Waals surface area contributed by atoms with Crippen LogP contribution in [0.5, 0.6) is 0 Å². The van der Waals surface area contributed by atoms with Gasteiger partial charge < -0.3 is 10.6 Å². The van der Waals surface area contributed by atoms with Crippen LogP contribution in [0.2, 0.25) is 0 Å². The van der Waals surface area contributed by atoms with Crippen molar-refractivity contribution in [3.8, 4) is 0 Å². The van der Waals surface area contributed by atoms with E-state index in [0.717, 1.165) is 6.42 Å². The van der Waals surface area contributed by atoms with Gasteiger partial charge in [0.15, 0.2) is 0 Å². The molecule has 2 amide bonds. The lowest BCUT2D eigenvalue weighted by Crippen LogP contribution is -2.44. The number of hydrogen-bond acceptors (Lipinski definition) is 2. The summed E-state index contributed by atoms with van der Waals surface area (Å²) < 4.78 is 0. The van der Waals surface area contributed by atoms with Crippen molar-refractivity contribution in [3.05, 3.63) is 35.4 Å². The minimum atomic E-state index is -0.240. The first-order chi connectivity index (χ1) is 10.9. The molecule has 2 rings (SSSR count). The average Bonchev–Trinajstić information content (AvgIpc) is 2.54. The molecule has 1 heterocycles. The maximum absolute atomic E-state index is 12.6. The predicted octanol–water partition coefficient (Wildman–Crippen LogP) is 2.71. The summed E-state index contributed by atoms with van der Waals surface area (Å²) in [5.41, 5.74) is 7.86. The van der Waals surface area contributed by atoms with Crippen LogP contribution in [0.15, 0.2) is 24.3 Å². The zero-order valence-corrected chi connectivity index (χ0v) is 14.4. The summed E-state index contributed by atoms with van der Waals surface area (Å²) in [5, 5.41) is 0. The first-order valence-corrected chi connectivity index (χ1v) is 8.55. The summed E-state index contributed by atoms with van der Waals surface area (Å²) >= 11 is 0. The maximum atomic E-state index is 12.6. The molecule has 1 atom stereocenters. The minimum Gasteiger partial charge on any atom is -0.369 e. The molecular weight excluding hydrogens is 288 g/mol. The minimum absolute atomic E-state index is 0.0370. The molecule has 23 heavy (non-hydrogen) atoms. The van der Waals surface area contributed by atoms with Gasteiger partial charge in [-0.15, -0.1) is 0 Å². The molecule has 1 aliphatic heterocycles. The highest BCUT2D eigenvalue weighted by Gasteiger charge is 2.28. The van der Waals surface area contributed by atoms with Crippen LogP contribution >= 0.6 is 0 Å². The van der Waals surface area contributed by atoms with Gasteiger partial charge >= 0.3 is 0 Å². The van der Waals surface area contributed by atoms with E-state index in [9.17, 15) is 9.59 Å². The van der Waals surface area contributed by atoms with Crippen LogP contribution in [0.3, 0.4) is 0 Å². The lowest BCUT2D eigenvalue weighted by Gasteiger charge is -2.32. The van der Waals surface area contributed by atoms with E-state index in [2.05, 4.69) is 38.1 Å². The molecule has 4 heteroatoms. The van der Waals surface area contributed by atoms with Gasteiger partial charge in [-0.05, 0) is 36.3 Å². The van der Waals surface area contributed by atoms with Crippen molar-refractivity contribution >= 4 is 11.8 Å². The molecule has 0 aliphatic carbocycles. The molecule has 0 saturated carbocycles. The van der Waals surface area contributed by atoms with Crippen molar-refractivity contribution in [1.82, 2.24) is 4.90 Å². The van der Waals surface area contributed by atoms with Gasteiger partial charge in [-0.3, -0.25) is 9.59 Å². The third-order valence-electron chi connectivity index (χ3n) is 4.82. The van der Waals surface area contributed by atoms with Crippen molar-refractivity contribution in [2.75, 3.05) is 13.1 Å². The molecule has 0 bridgehead atoms. The zero-order valence-electron chi connectivity index (χ0n) is 14.4. The van der Waals surface area contributed by atoms with Gasteiger partial charge in [0, 0.05) is 24.9 Å². The molecule has 1 saturated heterocycles. The highest BCUT2D eigenvalue weighted by atomic mass is 16.2. The molecule has 1 aromatic carbocycles. The van der Waals surface area contributed by atoms with Crippen LogP contribution in [0.1, 0.15) is 50.7 Å². The number of carbonyl (C=O) groups is 2. The molecule has 1 aromatic rings. The lowest BCUT2D eigenvalue weighted by atomic mass is 9.93. The fraction of sp³-hybridized carbons (Fsp3) is 0.579. The number of rotatable bonds is 5. The Morgan fingerprint density at radius 1 is 1.13 bits per heavy atom. The van der Waals surface area contributed by atoms with Crippen LogP contribution in [0, 0.1) is 11.8 Å². The molecule has 0 spiro atoms. The van der Waals surface area contributed by atoms with Crippen LogP contribution in [-0.2, 0) is 16.0 Å².